The second kappa shape index (κ2) is 6.26. The molecule has 0 heterocycles. The van der Waals surface area contributed by atoms with Gasteiger partial charge in [0.2, 0.25) is 5.75 Å². The van der Waals surface area contributed by atoms with Gasteiger partial charge in [-0.05, 0) is 12.1 Å². The quantitative estimate of drug-likeness (QED) is 0.778. The van der Waals surface area contributed by atoms with E-state index in [2.05, 4.69) is 0 Å². The Hall–Kier alpha value is -1.75. The minimum atomic E-state index is -0.243. The van der Waals surface area contributed by atoms with E-state index in [1.807, 2.05) is 0 Å². The highest BCUT2D eigenvalue weighted by atomic mass is 16.5. The Labute approximate surface area is 107 Å². The highest BCUT2D eigenvalue weighted by Crippen LogP contribution is 2.38. The Kier molecular flexibility index (Phi) is 4.97. The average molecular weight is 253 g/mol. The molecule has 0 spiro atoms. The van der Waals surface area contributed by atoms with Crippen LogP contribution in [-0.4, -0.2) is 33.7 Å². The molecule has 1 rings (SSSR count). The first kappa shape index (κ1) is 14.3. The van der Waals surface area contributed by atoms with Gasteiger partial charge >= 0.3 is 0 Å². The molecule has 0 saturated carbocycles. The lowest BCUT2D eigenvalue weighted by atomic mass is 9.99. The van der Waals surface area contributed by atoms with Crippen molar-refractivity contribution in [2.45, 2.75) is 6.92 Å². The van der Waals surface area contributed by atoms with E-state index >= 15 is 0 Å². The minimum Gasteiger partial charge on any atom is -0.493 e. The van der Waals surface area contributed by atoms with Crippen molar-refractivity contribution in [3.8, 4) is 17.2 Å². The summed E-state index contributed by atoms with van der Waals surface area (Å²) in [6.45, 7) is 2.08. The van der Waals surface area contributed by atoms with E-state index in [4.69, 9.17) is 19.9 Å². The van der Waals surface area contributed by atoms with Gasteiger partial charge in [0.1, 0.15) is 0 Å². The van der Waals surface area contributed by atoms with Crippen molar-refractivity contribution >= 4 is 5.78 Å². The second-order valence-corrected chi connectivity index (χ2v) is 3.92. The van der Waals surface area contributed by atoms with E-state index in [1.165, 1.54) is 21.3 Å². The molecule has 1 unspecified atom stereocenters. The van der Waals surface area contributed by atoms with Crippen molar-refractivity contribution in [1.29, 1.82) is 0 Å². The fourth-order valence-corrected chi connectivity index (χ4v) is 1.61. The van der Waals surface area contributed by atoms with Gasteiger partial charge < -0.3 is 19.9 Å². The summed E-state index contributed by atoms with van der Waals surface area (Å²) in [5, 5.41) is 0. The predicted molar refractivity (Wildman–Crippen MR) is 68.6 cm³/mol. The summed E-state index contributed by atoms with van der Waals surface area (Å²) >= 11 is 0. The summed E-state index contributed by atoms with van der Waals surface area (Å²) in [6.07, 6.45) is 0. The monoisotopic (exact) mass is 253 g/mol. The van der Waals surface area contributed by atoms with Crippen molar-refractivity contribution < 1.29 is 19.0 Å². The van der Waals surface area contributed by atoms with Crippen LogP contribution in [0, 0.1) is 5.92 Å². The molecule has 0 radical (unpaired) electrons. The smallest absolute Gasteiger partial charge is 0.203 e. The van der Waals surface area contributed by atoms with Gasteiger partial charge in [0.05, 0.1) is 21.3 Å². The molecule has 2 N–H and O–H groups in total. The van der Waals surface area contributed by atoms with Crippen molar-refractivity contribution in [3.05, 3.63) is 17.7 Å². The Bertz CT molecular complexity index is 406. The molecular formula is C13H19NO4. The molecule has 0 amide bonds. The summed E-state index contributed by atoms with van der Waals surface area (Å²) in [5.41, 5.74) is 6.00. The lowest BCUT2D eigenvalue weighted by Gasteiger charge is -2.15. The van der Waals surface area contributed by atoms with Crippen molar-refractivity contribution in [2.24, 2.45) is 11.7 Å². The molecule has 0 aromatic heterocycles. The third kappa shape index (κ3) is 2.73. The summed E-state index contributed by atoms with van der Waals surface area (Å²) in [5.74, 6) is 1.11. The first-order valence-electron chi connectivity index (χ1n) is 5.63. The fourth-order valence-electron chi connectivity index (χ4n) is 1.61. The SMILES string of the molecule is COc1cc(C(=O)C(C)CN)cc(OC)c1OC. The van der Waals surface area contributed by atoms with Crippen LogP contribution in [0.3, 0.4) is 0 Å². The Morgan fingerprint density at radius 1 is 1.17 bits per heavy atom. The average Bonchev–Trinajstić information content (AvgIpc) is 2.43. The number of hydrogen-bond donors (Lipinski definition) is 1. The zero-order chi connectivity index (χ0) is 13.7. The maximum absolute atomic E-state index is 12.1. The molecule has 1 atom stereocenters. The standard InChI is InChI=1S/C13H19NO4/c1-8(7-14)12(15)9-5-10(16-2)13(18-4)11(6-9)17-3/h5-6,8H,7,14H2,1-4H3. The molecule has 0 aliphatic heterocycles. The number of carbonyl (C=O) groups excluding carboxylic acids is 1. The van der Waals surface area contributed by atoms with E-state index in [-0.39, 0.29) is 11.7 Å². The number of hydrogen-bond acceptors (Lipinski definition) is 5. The third-order valence-electron chi connectivity index (χ3n) is 2.75. The van der Waals surface area contributed by atoms with Gasteiger partial charge in [0, 0.05) is 18.0 Å². The van der Waals surface area contributed by atoms with Gasteiger partial charge in [0.25, 0.3) is 0 Å². The lowest BCUT2D eigenvalue weighted by Crippen LogP contribution is -2.20. The molecule has 100 valence electrons. The summed E-state index contributed by atoms with van der Waals surface area (Å²) in [4.78, 5) is 12.1. The third-order valence-corrected chi connectivity index (χ3v) is 2.75. The van der Waals surface area contributed by atoms with Gasteiger partial charge in [-0.25, -0.2) is 0 Å². The minimum absolute atomic E-state index is 0.0447. The number of ether oxygens (including phenoxy) is 3. The van der Waals surface area contributed by atoms with Gasteiger partial charge in [-0.1, -0.05) is 6.92 Å². The van der Waals surface area contributed by atoms with E-state index < -0.39 is 0 Å². The van der Waals surface area contributed by atoms with Crippen LogP contribution in [-0.2, 0) is 0 Å². The Morgan fingerprint density at radius 3 is 2.00 bits per heavy atom. The van der Waals surface area contributed by atoms with Crippen LogP contribution in [0.4, 0.5) is 0 Å². The molecule has 0 saturated heterocycles. The topological polar surface area (TPSA) is 70.8 Å². The van der Waals surface area contributed by atoms with Crippen LogP contribution < -0.4 is 19.9 Å². The van der Waals surface area contributed by atoms with Crippen LogP contribution in [0.1, 0.15) is 17.3 Å². The molecule has 0 aliphatic rings. The first-order chi connectivity index (χ1) is 8.58. The zero-order valence-corrected chi connectivity index (χ0v) is 11.1. The van der Waals surface area contributed by atoms with Gasteiger partial charge in [0.15, 0.2) is 17.3 Å². The summed E-state index contributed by atoms with van der Waals surface area (Å²) < 4.78 is 15.6. The van der Waals surface area contributed by atoms with Gasteiger partial charge in [-0.3, -0.25) is 4.79 Å². The number of ketones is 1. The summed E-state index contributed by atoms with van der Waals surface area (Å²) in [6, 6.07) is 3.27. The highest BCUT2D eigenvalue weighted by molar-refractivity contribution is 5.99. The maximum atomic E-state index is 12.1. The van der Waals surface area contributed by atoms with Gasteiger partial charge in [-0.2, -0.15) is 0 Å². The van der Waals surface area contributed by atoms with Crippen molar-refractivity contribution in [3.63, 3.8) is 0 Å². The molecule has 0 aliphatic carbocycles. The second-order valence-electron chi connectivity index (χ2n) is 3.92. The van der Waals surface area contributed by atoms with Crippen LogP contribution in [0.2, 0.25) is 0 Å². The molecule has 18 heavy (non-hydrogen) atoms. The zero-order valence-electron chi connectivity index (χ0n) is 11.1. The normalized spacial score (nSPS) is 11.8. The molecule has 5 nitrogen and oxygen atoms in total. The van der Waals surface area contributed by atoms with E-state index in [9.17, 15) is 4.79 Å². The number of benzene rings is 1. The highest BCUT2D eigenvalue weighted by Gasteiger charge is 2.19. The van der Waals surface area contributed by atoms with E-state index in [0.29, 0.717) is 29.4 Å². The summed E-state index contributed by atoms with van der Waals surface area (Å²) in [7, 11) is 4.54. The van der Waals surface area contributed by atoms with Crippen molar-refractivity contribution in [2.75, 3.05) is 27.9 Å². The Balaban J connectivity index is 3.27. The molecule has 1 aromatic carbocycles. The maximum Gasteiger partial charge on any atom is 0.203 e. The number of rotatable bonds is 6. The van der Waals surface area contributed by atoms with Crippen LogP contribution in [0.15, 0.2) is 12.1 Å². The van der Waals surface area contributed by atoms with Crippen LogP contribution >= 0.6 is 0 Å². The molecule has 0 bridgehead atoms. The van der Waals surface area contributed by atoms with Crippen LogP contribution in [0.5, 0.6) is 17.2 Å². The molecule has 0 fully saturated rings. The van der Waals surface area contributed by atoms with E-state index in [0.717, 1.165) is 0 Å². The Morgan fingerprint density at radius 2 is 1.67 bits per heavy atom. The largest absolute Gasteiger partial charge is 0.493 e. The lowest BCUT2D eigenvalue weighted by molar-refractivity contribution is 0.0933. The van der Waals surface area contributed by atoms with Crippen LogP contribution in [0.25, 0.3) is 0 Å². The van der Waals surface area contributed by atoms with Crippen molar-refractivity contribution in [1.82, 2.24) is 0 Å². The molecule has 1 aromatic rings. The number of methoxy groups -OCH3 is 3. The van der Waals surface area contributed by atoms with E-state index in [1.54, 1.807) is 19.1 Å². The first-order valence-corrected chi connectivity index (χ1v) is 5.63. The molecule has 5 heteroatoms. The number of carbonyl (C=O) groups is 1. The predicted octanol–water partition coefficient (Wildman–Crippen LogP) is 1.49. The number of nitrogens with two attached hydrogens (primary N) is 1. The molecular weight excluding hydrogens is 234 g/mol. The van der Waals surface area contributed by atoms with Gasteiger partial charge in [-0.15, -0.1) is 0 Å². The fraction of sp³-hybridized carbons (Fsp3) is 0.462. The number of Topliss-reactive ketones (excluding diaryl/α,β-unsaturated/α-hetero) is 1.